The molecule has 1 saturated heterocycles. The number of carbonyl (C=O) groups is 1. The van der Waals surface area contributed by atoms with E-state index in [-0.39, 0.29) is 11.6 Å². The lowest BCUT2D eigenvalue weighted by molar-refractivity contribution is -0.121. The highest BCUT2D eigenvalue weighted by atomic mass is 19.2. The zero-order valence-electron chi connectivity index (χ0n) is 9.60. The third-order valence-electron chi connectivity index (χ3n) is 2.86. The largest absolute Gasteiger partial charge is 0.371 e. The Kier molecular flexibility index (Phi) is 3.74. The van der Waals surface area contributed by atoms with E-state index in [1.54, 1.807) is 0 Å². The van der Waals surface area contributed by atoms with Crippen molar-refractivity contribution in [2.75, 3.05) is 11.9 Å². The average molecular weight is 258 g/mol. The fourth-order valence-corrected chi connectivity index (χ4v) is 1.93. The van der Waals surface area contributed by atoms with Gasteiger partial charge in [0, 0.05) is 18.7 Å². The molecule has 1 aromatic carbocycles. The molecule has 1 aromatic rings. The van der Waals surface area contributed by atoms with Crippen LogP contribution in [0.2, 0.25) is 0 Å². The molecule has 0 saturated carbocycles. The smallest absolute Gasteiger partial charge is 0.242 e. The maximum Gasteiger partial charge on any atom is 0.242 e. The molecule has 3 nitrogen and oxygen atoms in total. The Hall–Kier alpha value is -1.72. The van der Waals surface area contributed by atoms with Crippen molar-refractivity contribution in [3.8, 4) is 0 Å². The molecule has 1 aliphatic heterocycles. The summed E-state index contributed by atoms with van der Waals surface area (Å²) in [6.45, 7) is 0.566. The van der Waals surface area contributed by atoms with E-state index in [1.165, 1.54) is 0 Å². The van der Waals surface area contributed by atoms with E-state index in [1.807, 2.05) is 0 Å². The average Bonchev–Trinajstić information content (AvgIpc) is 2.51. The fraction of sp³-hybridized carbons (Fsp3) is 0.417. The Balaban J connectivity index is 2.19. The van der Waals surface area contributed by atoms with Crippen molar-refractivity contribution in [2.45, 2.75) is 25.3 Å². The van der Waals surface area contributed by atoms with E-state index in [9.17, 15) is 18.0 Å². The van der Waals surface area contributed by atoms with Crippen molar-refractivity contribution in [3.05, 3.63) is 29.6 Å². The van der Waals surface area contributed by atoms with Gasteiger partial charge < -0.3 is 10.6 Å². The Labute approximate surface area is 102 Å². The van der Waals surface area contributed by atoms with Gasteiger partial charge >= 0.3 is 0 Å². The molecule has 1 atom stereocenters. The molecule has 98 valence electrons. The lowest BCUT2D eigenvalue weighted by Crippen LogP contribution is -2.38. The van der Waals surface area contributed by atoms with Gasteiger partial charge in [-0.1, -0.05) is 0 Å². The Bertz CT molecular complexity index is 465. The Morgan fingerprint density at radius 3 is 2.78 bits per heavy atom. The van der Waals surface area contributed by atoms with Crippen molar-refractivity contribution < 1.29 is 18.0 Å². The van der Waals surface area contributed by atoms with Crippen LogP contribution in [-0.4, -0.2) is 18.5 Å². The minimum absolute atomic E-state index is 0.281. The molecule has 0 aromatic heterocycles. The predicted octanol–water partition coefficient (Wildman–Crippen LogP) is 2.18. The van der Waals surface area contributed by atoms with Crippen molar-refractivity contribution in [1.82, 2.24) is 5.32 Å². The Morgan fingerprint density at radius 2 is 2.00 bits per heavy atom. The lowest BCUT2D eigenvalue weighted by atomic mass is 10.1. The number of amides is 1. The lowest BCUT2D eigenvalue weighted by Gasteiger charge is -2.17. The number of benzene rings is 1. The molecule has 0 aliphatic carbocycles. The van der Waals surface area contributed by atoms with Crippen LogP contribution in [0.3, 0.4) is 0 Å². The summed E-state index contributed by atoms with van der Waals surface area (Å²) in [5.41, 5.74) is -0.324. The second-order valence-corrected chi connectivity index (χ2v) is 4.23. The standard InChI is InChI=1S/C12H13F3N2O/c13-7-5-8(14)11(15)10(6-7)17-9-3-1-2-4-16-12(9)18/h5-6,9,17H,1-4H2,(H,16,18). The summed E-state index contributed by atoms with van der Waals surface area (Å²) in [6.07, 6.45) is 2.13. The first kappa shape index (κ1) is 12.7. The van der Waals surface area contributed by atoms with E-state index in [0.717, 1.165) is 18.9 Å². The summed E-state index contributed by atoms with van der Waals surface area (Å²) in [5, 5.41) is 5.21. The number of halogens is 3. The molecule has 0 bridgehead atoms. The van der Waals surface area contributed by atoms with Gasteiger partial charge in [0.05, 0.1) is 5.69 Å². The maximum atomic E-state index is 13.4. The van der Waals surface area contributed by atoms with E-state index in [0.29, 0.717) is 19.0 Å². The molecule has 1 amide bonds. The minimum Gasteiger partial charge on any atom is -0.371 e. The van der Waals surface area contributed by atoms with Crippen molar-refractivity contribution >= 4 is 11.6 Å². The summed E-state index contributed by atoms with van der Waals surface area (Å²) in [7, 11) is 0. The van der Waals surface area contributed by atoms with Gasteiger partial charge in [-0.3, -0.25) is 4.79 Å². The molecule has 2 rings (SSSR count). The number of rotatable bonds is 2. The SMILES string of the molecule is O=C1NCCCCC1Nc1cc(F)cc(F)c1F. The highest BCUT2D eigenvalue weighted by Crippen LogP contribution is 2.21. The third kappa shape index (κ3) is 2.75. The van der Waals surface area contributed by atoms with Gasteiger partial charge in [-0.05, 0) is 19.3 Å². The monoisotopic (exact) mass is 258 g/mol. The first-order valence-electron chi connectivity index (χ1n) is 5.76. The van der Waals surface area contributed by atoms with Crippen LogP contribution in [0.5, 0.6) is 0 Å². The molecular weight excluding hydrogens is 245 g/mol. The van der Waals surface area contributed by atoms with E-state index < -0.39 is 23.5 Å². The number of carbonyl (C=O) groups excluding carboxylic acids is 1. The molecule has 6 heteroatoms. The zero-order valence-corrected chi connectivity index (χ0v) is 9.60. The number of hydrogen-bond acceptors (Lipinski definition) is 2. The second-order valence-electron chi connectivity index (χ2n) is 4.23. The summed E-state index contributed by atoms with van der Waals surface area (Å²) in [6, 6.07) is 0.646. The van der Waals surface area contributed by atoms with Crippen LogP contribution in [0.4, 0.5) is 18.9 Å². The summed E-state index contributed by atoms with van der Waals surface area (Å²) in [4.78, 5) is 11.6. The van der Waals surface area contributed by atoms with Crippen LogP contribution in [0.15, 0.2) is 12.1 Å². The highest BCUT2D eigenvalue weighted by Gasteiger charge is 2.22. The molecule has 1 heterocycles. The van der Waals surface area contributed by atoms with Crippen LogP contribution in [0.25, 0.3) is 0 Å². The highest BCUT2D eigenvalue weighted by molar-refractivity contribution is 5.84. The summed E-state index contributed by atoms with van der Waals surface area (Å²) >= 11 is 0. The normalized spacial score (nSPS) is 20.2. The summed E-state index contributed by atoms with van der Waals surface area (Å²) < 4.78 is 39.4. The molecule has 18 heavy (non-hydrogen) atoms. The van der Waals surface area contributed by atoms with E-state index in [4.69, 9.17) is 0 Å². The van der Waals surface area contributed by atoms with E-state index >= 15 is 0 Å². The molecule has 0 spiro atoms. The van der Waals surface area contributed by atoms with Gasteiger partial charge in [-0.15, -0.1) is 0 Å². The first-order chi connectivity index (χ1) is 8.58. The van der Waals surface area contributed by atoms with Gasteiger partial charge in [0.2, 0.25) is 5.91 Å². The number of nitrogens with one attached hydrogen (secondary N) is 2. The molecule has 1 unspecified atom stereocenters. The molecule has 1 fully saturated rings. The second kappa shape index (κ2) is 5.29. The molecular formula is C12H13F3N2O. The quantitative estimate of drug-likeness (QED) is 0.798. The maximum absolute atomic E-state index is 13.4. The Morgan fingerprint density at radius 1 is 1.22 bits per heavy atom. The van der Waals surface area contributed by atoms with Gasteiger partial charge in [-0.2, -0.15) is 0 Å². The zero-order chi connectivity index (χ0) is 13.1. The van der Waals surface area contributed by atoms with E-state index in [2.05, 4.69) is 10.6 Å². The number of hydrogen-bond donors (Lipinski definition) is 2. The van der Waals surface area contributed by atoms with Crippen LogP contribution in [0.1, 0.15) is 19.3 Å². The molecule has 2 N–H and O–H groups in total. The third-order valence-corrected chi connectivity index (χ3v) is 2.86. The topological polar surface area (TPSA) is 41.1 Å². The van der Waals surface area contributed by atoms with Crippen molar-refractivity contribution in [2.24, 2.45) is 0 Å². The summed E-state index contributed by atoms with van der Waals surface area (Å²) in [5.74, 6) is -3.61. The van der Waals surface area contributed by atoms with Gasteiger partial charge in [0.25, 0.3) is 0 Å². The number of anilines is 1. The fourth-order valence-electron chi connectivity index (χ4n) is 1.93. The van der Waals surface area contributed by atoms with Crippen molar-refractivity contribution in [1.29, 1.82) is 0 Å². The predicted molar refractivity (Wildman–Crippen MR) is 60.6 cm³/mol. The van der Waals surface area contributed by atoms with Crippen LogP contribution in [-0.2, 0) is 4.79 Å². The van der Waals surface area contributed by atoms with Gasteiger partial charge in [0.15, 0.2) is 11.6 Å². The molecule has 1 aliphatic rings. The van der Waals surface area contributed by atoms with Gasteiger partial charge in [-0.25, -0.2) is 13.2 Å². The first-order valence-corrected chi connectivity index (χ1v) is 5.76. The van der Waals surface area contributed by atoms with Crippen LogP contribution >= 0.6 is 0 Å². The van der Waals surface area contributed by atoms with Crippen molar-refractivity contribution in [3.63, 3.8) is 0 Å². The van der Waals surface area contributed by atoms with Crippen LogP contribution in [0, 0.1) is 17.5 Å². The minimum atomic E-state index is -1.27. The van der Waals surface area contributed by atoms with Gasteiger partial charge in [0.1, 0.15) is 11.9 Å². The van der Waals surface area contributed by atoms with Crippen LogP contribution < -0.4 is 10.6 Å². The molecule has 0 radical (unpaired) electrons.